The van der Waals surface area contributed by atoms with Gasteiger partial charge in [0.25, 0.3) is 5.91 Å². The Morgan fingerprint density at radius 3 is 2.57 bits per heavy atom. The van der Waals surface area contributed by atoms with Gasteiger partial charge in [0.1, 0.15) is 0 Å². The van der Waals surface area contributed by atoms with E-state index in [1.54, 1.807) is 48.7 Å². The minimum absolute atomic E-state index is 0.0327. The molecule has 0 unspecified atom stereocenters. The highest BCUT2D eigenvalue weighted by atomic mass is 32.2. The van der Waals surface area contributed by atoms with Crippen molar-refractivity contribution in [2.75, 3.05) is 11.5 Å². The van der Waals surface area contributed by atoms with Crippen molar-refractivity contribution in [3.05, 3.63) is 60.4 Å². The Kier molecular flexibility index (Phi) is 5.35. The summed E-state index contributed by atoms with van der Waals surface area (Å²) in [5, 5.41) is 0. The molecule has 1 amide bonds. The van der Waals surface area contributed by atoms with Crippen LogP contribution in [0.4, 0.5) is 0 Å². The second-order valence-corrected chi connectivity index (χ2v) is 7.16. The van der Waals surface area contributed by atoms with E-state index in [0.717, 1.165) is 11.9 Å². The Morgan fingerprint density at radius 1 is 1.14 bits per heavy atom. The van der Waals surface area contributed by atoms with E-state index in [0.29, 0.717) is 10.5 Å². The number of benzene rings is 1. The fraction of sp³-hybridized carbons (Fsp3) is 0.143. The van der Waals surface area contributed by atoms with Gasteiger partial charge < -0.3 is 0 Å². The third-order valence-corrected chi connectivity index (χ3v) is 5.37. The maximum Gasteiger partial charge on any atom is 0.262 e. The highest BCUT2D eigenvalue weighted by Gasteiger charge is 2.14. The molecule has 0 radical (unpaired) electrons. The smallest absolute Gasteiger partial charge is 0.262 e. The van der Waals surface area contributed by atoms with Crippen molar-refractivity contribution in [1.29, 1.82) is 0 Å². The van der Waals surface area contributed by atoms with Crippen molar-refractivity contribution in [1.82, 2.24) is 9.71 Å². The van der Waals surface area contributed by atoms with E-state index in [2.05, 4.69) is 9.71 Å². The number of nitrogens with zero attached hydrogens (tertiary/aromatic N) is 1. The van der Waals surface area contributed by atoms with Crippen molar-refractivity contribution < 1.29 is 13.2 Å². The summed E-state index contributed by atoms with van der Waals surface area (Å²) >= 11 is 1.07. The summed E-state index contributed by atoms with van der Waals surface area (Å²) in [5.74, 6) is -0.0386. The highest BCUT2D eigenvalue weighted by molar-refractivity contribution is 7.99. The first-order valence-corrected chi connectivity index (χ1v) is 8.83. The monoisotopic (exact) mass is 322 g/mol. The van der Waals surface area contributed by atoms with Gasteiger partial charge in [-0.15, -0.1) is 0 Å². The molecule has 0 aliphatic rings. The van der Waals surface area contributed by atoms with E-state index in [1.165, 1.54) is 6.20 Å². The van der Waals surface area contributed by atoms with Crippen molar-refractivity contribution >= 4 is 27.7 Å². The Morgan fingerprint density at radius 2 is 1.90 bits per heavy atom. The van der Waals surface area contributed by atoms with Crippen LogP contribution in [0.5, 0.6) is 0 Å². The average Bonchev–Trinajstić information content (AvgIpc) is 2.53. The van der Waals surface area contributed by atoms with Crippen LogP contribution in [0.15, 0.2) is 59.8 Å². The third-order valence-electron chi connectivity index (χ3n) is 2.65. The first-order valence-electron chi connectivity index (χ1n) is 6.19. The topological polar surface area (TPSA) is 76.1 Å². The zero-order chi connectivity index (χ0) is 15.1. The molecule has 1 heterocycles. The summed E-state index contributed by atoms with van der Waals surface area (Å²) in [5.41, 5.74) is 0.441. The van der Waals surface area contributed by atoms with E-state index in [1.807, 2.05) is 0 Å². The van der Waals surface area contributed by atoms with Crippen LogP contribution >= 0.6 is 11.9 Å². The van der Waals surface area contributed by atoms with Crippen LogP contribution in [-0.4, -0.2) is 30.8 Å². The van der Waals surface area contributed by atoms with Crippen molar-refractivity contribution in [2.24, 2.45) is 0 Å². The highest BCUT2D eigenvalue weighted by Crippen LogP contribution is 2.11. The Balaban J connectivity index is 1.81. The summed E-state index contributed by atoms with van der Waals surface area (Å²) in [6.45, 7) is 0. The summed E-state index contributed by atoms with van der Waals surface area (Å²) in [6.07, 6.45) is 3.03. The van der Waals surface area contributed by atoms with E-state index >= 15 is 0 Å². The molecular formula is C14H14N2O3S2. The number of hydrogen-bond donors (Lipinski definition) is 1. The maximum absolute atomic E-state index is 12.0. The number of nitrogens with one attached hydrogen (secondary N) is 1. The molecule has 0 atom stereocenters. The minimum Gasteiger partial charge on any atom is -0.296 e. The van der Waals surface area contributed by atoms with Crippen LogP contribution < -0.4 is 4.72 Å². The second kappa shape index (κ2) is 7.24. The molecule has 2 aromatic rings. The first-order chi connectivity index (χ1) is 10.1. The van der Waals surface area contributed by atoms with Gasteiger partial charge in [0.15, 0.2) is 9.84 Å². The first kappa shape index (κ1) is 15.5. The van der Waals surface area contributed by atoms with Gasteiger partial charge in [-0.05, 0) is 36.2 Å². The molecule has 0 saturated heterocycles. The summed E-state index contributed by atoms with van der Waals surface area (Å²) in [6, 6.07) is 11.6. The lowest BCUT2D eigenvalue weighted by Gasteiger charge is -2.05. The number of carbonyl (C=O) groups excluding carboxylic acids is 1. The Labute approximate surface area is 127 Å². The zero-order valence-electron chi connectivity index (χ0n) is 11.1. The van der Waals surface area contributed by atoms with E-state index in [4.69, 9.17) is 0 Å². The van der Waals surface area contributed by atoms with Gasteiger partial charge in [0.05, 0.1) is 16.2 Å². The summed E-state index contributed by atoms with van der Waals surface area (Å²) in [7, 11) is -3.31. The summed E-state index contributed by atoms with van der Waals surface area (Å²) < 4.78 is 26.6. The number of sulfone groups is 1. The maximum atomic E-state index is 12.0. The van der Waals surface area contributed by atoms with Crippen molar-refractivity contribution in [3.63, 3.8) is 0 Å². The van der Waals surface area contributed by atoms with E-state index in [-0.39, 0.29) is 17.4 Å². The molecule has 0 fully saturated rings. The molecule has 0 spiro atoms. The Bertz CT molecular complexity index is 689. The molecule has 0 aliphatic heterocycles. The molecule has 21 heavy (non-hydrogen) atoms. The molecule has 1 aromatic heterocycles. The van der Waals surface area contributed by atoms with Crippen molar-refractivity contribution in [3.8, 4) is 0 Å². The summed E-state index contributed by atoms with van der Waals surface area (Å²) in [4.78, 5) is 15.9. The molecule has 2 rings (SSSR count). The van der Waals surface area contributed by atoms with E-state index in [9.17, 15) is 13.2 Å². The predicted octanol–water partition coefficient (Wildman–Crippen LogP) is 1.93. The van der Waals surface area contributed by atoms with Crippen LogP contribution in [-0.2, 0) is 9.84 Å². The fourth-order valence-electron chi connectivity index (χ4n) is 1.57. The van der Waals surface area contributed by atoms with Gasteiger partial charge in [0, 0.05) is 18.1 Å². The Hall–Kier alpha value is -1.86. The number of rotatable bonds is 6. The van der Waals surface area contributed by atoms with Gasteiger partial charge in [0.2, 0.25) is 0 Å². The minimum atomic E-state index is -3.31. The number of hydrogen-bond acceptors (Lipinski definition) is 5. The number of pyridine rings is 1. The standard InChI is InChI=1S/C14H14N2O3S2/c17-14(12-5-4-8-15-11-12)16-20-9-10-21(18,19)13-6-2-1-3-7-13/h1-8,11H,9-10H2,(H,16,17). The predicted molar refractivity (Wildman–Crippen MR) is 82.7 cm³/mol. The largest absolute Gasteiger partial charge is 0.296 e. The molecule has 1 N–H and O–H groups in total. The number of aromatic nitrogens is 1. The molecule has 110 valence electrons. The molecule has 0 saturated carbocycles. The zero-order valence-corrected chi connectivity index (χ0v) is 12.7. The van der Waals surface area contributed by atoms with Gasteiger partial charge in [-0.25, -0.2) is 8.42 Å². The molecule has 5 nitrogen and oxygen atoms in total. The molecule has 0 bridgehead atoms. The molecule has 0 aliphatic carbocycles. The van der Waals surface area contributed by atoms with Gasteiger partial charge in [-0.1, -0.05) is 18.2 Å². The van der Waals surface area contributed by atoms with Crippen LogP contribution in [0.1, 0.15) is 10.4 Å². The van der Waals surface area contributed by atoms with E-state index < -0.39 is 9.84 Å². The fourth-order valence-corrected chi connectivity index (χ4v) is 3.94. The second-order valence-electron chi connectivity index (χ2n) is 4.15. The SMILES string of the molecule is O=C(NSCCS(=O)(=O)c1ccccc1)c1cccnc1. The molecule has 7 heteroatoms. The number of amides is 1. The molecule has 1 aromatic carbocycles. The van der Waals surface area contributed by atoms with Gasteiger partial charge in [-0.2, -0.15) is 0 Å². The lowest BCUT2D eigenvalue weighted by molar-refractivity contribution is 0.0984. The third kappa shape index (κ3) is 4.57. The van der Waals surface area contributed by atoms with Crippen LogP contribution in [0.2, 0.25) is 0 Å². The quantitative estimate of drug-likeness (QED) is 0.649. The van der Waals surface area contributed by atoms with Crippen LogP contribution in [0.25, 0.3) is 0 Å². The lowest BCUT2D eigenvalue weighted by atomic mass is 10.3. The normalized spacial score (nSPS) is 11.0. The number of carbonyl (C=O) groups is 1. The van der Waals surface area contributed by atoms with Crippen molar-refractivity contribution in [2.45, 2.75) is 4.90 Å². The van der Waals surface area contributed by atoms with Gasteiger partial charge in [-0.3, -0.25) is 14.5 Å². The van der Waals surface area contributed by atoms with Gasteiger partial charge >= 0.3 is 0 Å². The average molecular weight is 322 g/mol. The lowest BCUT2D eigenvalue weighted by Crippen LogP contribution is -2.18. The molecular weight excluding hydrogens is 308 g/mol. The van der Waals surface area contributed by atoms with Crippen LogP contribution in [0, 0.1) is 0 Å². The van der Waals surface area contributed by atoms with Crippen LogP contribution in [0.3, 0.4) is 0 Å².